The van der Waals surface area contributed by atoms with E-state index in [9.17, 15) is 5.11 Å². The molecule has 5 heteroatoms. The standard InChI is InChI=1S/C16H18N2O2S/c1-18(11-16-6-3-7-21-16)10-14(19)12-20-15-5-2-4-13(8-15)9-17/h2-8,14,19H,10-12H2,1H3. The smallest absolute Gasteiger partial charge is 0.120 e. The molecule has 0 aliphatic heterocycles. The van der Waals surface area contributed by atoms with Crippen molar-refractivity contribution in [1.29, 1.82) is 5.26 Å². The fraction of sp³-hybridized carbons (Fsp3) is 0.312. The third-order valence-electron chi connectivity index (χ3n) is 2.93. The largest absolute Gasteiger partial charge is 0.491 e. The first kappa shape index (κ1) is 15.5. The number of nitriles is 1. The Morgan fingerprint density at radius 2 is 2.24 bits per heavy atom. The zero-order valence-corrected chi connectivity index (χ0v) is 12.7. The Morgan fingerprint density at radius 3 is 2.95 bits per heavy atom. The predicted molar refractivity (Wildman–Crippen MR) is 83.3 cm³/mol. The summed E-state index contributed by atoms with van der Waals surface area (Å²) in [5.74, 6) is 0.606. The van der Waals surface area contributed by atoms with E-state index in [4.69, 9.17) is 10.00 Å². The van der Waals surface area contributed by atoms with Gasteiger partial charge in [0.1, 0.15) is 18.5 Å². The fourth-order valence-corrected chi connectivity index (χ4v) is 2.78. The summed E-state index contributed by atoms with van der Waals surface area (Å²) in [4.78, 5) is 3.33. The van der Waals surface area contributed by atoms with Crippen LogP contribution in [0, 0.1) is 11.3 Å². The molecule has 4 nitrogen and oxygen atoms in total. The molecular formula is C16H18N2O2S. The molecule has 0 saturated carbocycles. The van der Waals surface area contributed by atoms with E-state index in [-0.39, 0.29) is 6.61 Å². The third kappa shape index (κ3) is 5.20. The van der Waals surface area contributed by atoms with Crippen molar-refractivity contribution in [3.8, 4) is 11.8 Å². The molecule has 0 radical (unpaired) electrons. The summed E-state index contributed by atoms with van der Waals surface area (Å²) in [5, 5.41) is 20.9. The Balaban J connectivity index is 1.76. The third-order valence-corrected chi connectivity index (χ3v) is 3.79. The molecule has 0 spiro atoms. The molecule has 1 N–H and O–H groups in total. The van der Waals surface area contributed by atoms with Crippen LogP contribution in [-0.4, -0.2) is 36.3 Å². The van der Waals surface area contributed by atoms with Gasteiger partial charge in [-0.05, 0) is 36.7 Å². The van der Waals surface area contributed by atoms with Crippen LogP contribution < -0.4 is 4.74 Å². The average molecular weight is 302 g/mol. The SMILES string of the molecule is CN(Cc1cccs1)CC(O)COc1cccc(C#N)c1. The first-order chi connectivity index (χ1) is 10.2. The number of likely N-dealkylation sites (N-methyl/N-ethyl adjacent to an activating group) is 1. The van der Waals surface area contributed by atoms with Crippen LogP contribution in [0.1, 0.15) is 10.4 Å². The van der Waals surface area contributed by atoms with Crippen molar-refractivity contribution >= 4 is 11.3 Å². The first-order valence-electron chi connectivity index (χ1n) is 6.69. The minimum Gasteiger partial charge on any atom is -0.491 e. The van der Waals surface area contributed by atoms with E-state index >= 15 is 0 Å². The van der Waals surface area contributed by atoms with Crippen molar-refractivity contribution in [2.45, 2.75) is 12.6 Å². The highest BCUT2D eigenvalue weighted by atomic mass is 32.1. The van der Waals surface area contributed by atoms with Gasteiger partial charge in [0, 0.05) is 18.0 Å². The zero-order valence-electron chi connectivity index (χ0n) is 11.9. The molecule has 0 bridgehead atoms. The lowest BCUT2D eigenvalue weighted by Crippen LogP contribution is -2.32. The minimum atomic E-state index is -0.569. The van der Waals surface area contributed by atoms with Crippen LogP contribution in [0.25, 0.3) is 0 Å². The van der Waals surface area contributed by atoms with Gasteiger partial charge in [0.2, 0.25) is 0 Å². The van der Waals surface area contributed by atoms with E-state index in [2.05, 4.69) is 17.0 Å². The predicted octanol–water partition coefficient (Wildman–Crippen LogP) is 2.49. The molecule has 0 aliphatic carbocycles. The van der Waals surface area contributed by atoms with Crippen molar-refractivity contribution < 1.29 is 9.84 Å². The molecule has 1 aromatic heterocycles. The highest BCUT2D eigenvalue weighted by molar-refractivity contribution is 7.09. The number of ether oxygens (including phenoxy) is 1. The highest BCUT2D eigenvalue weighted by Crippen LogP contribution is 2.13. The normalized spacial score (nSPS) is 12.1. The van der Waals surface area contributed by atoms with Crippen molar-refractivity contribution in [3.05, 3.63) is 52.2 Å². The molecule has 0 aliphatic rings. The number of thiophene rings is 1. The van der Waals surface area contributed by atoms with Crippen LogP contribution in [0.4, 0.5) is 0 Å². The second kappa shape index (κ2) is 7.79. The second-order valence-electron chi connectivity index (χ2n) is 4.88. The summed E-state index contributed by atoms with van der Waals surface area (Å²) in [6.45, 7) is 1.57. The summed E-state index contributed by atoms with van der Waals surface area (Å²) >= 11 is 1.71. The fourth-order valence-electron chi connectivity index (χ4n) is 1.99. The van der Waals surface area contributed by atoms with Crippen LogP contribution in [0.15, 0.2) is 41.8 Å². The van der Waals surface area contributed by atoms with Crippen LogP contribution in [-0.2, 0) is 6.54 Å². The summed E-state index contributed by atoms with van der Waals surface area (Å²) in [7, 11) is 1.97. The number of aliphatic hydroxyl groups is 1. The molecular weight excluding hydrogens is 284 g/mol. The van der Waals surface area contributed by atoms with Crippen molar-refractivity contribution in [2.75, 3.05) is 20.2 Å². The monoisotopic (exact) mass is 302 g/mol. The van der Waals surface area contributed by atoms with Crippen LogP contribution in [0.2, 0.25) is 0 Å². The van der Waals surface area contributed by atoms with Gasteiger partial charge < -0.3 is 9.84 Å². The lowest BCUT2D eigenvalue weighted by molar-refractivity contribution is 0.0746. The number of hydrogen-bond donors (Lipinski definition) is 1. The van der Waals surface area contributed by atoms with Gasteiger partial charge in [-0.2, -0.15) is 5.26 Å². The Morgan fingerprint density at radius 1 is 1.38 bits per heavy atom. The number of aliphatic hydroxyl groups excluding tert-OH is 1. The molecule has 0 saturated heterocycles. The molecule has 1 atom stereocenters. The Bertz CT molecular complexity index is 593. The molecule has 0 fully saturated rings. The van der Waals surface area contributed by atoms with E-state index in [1.807, 2.05) is 18.5 Å². The summed E-state index contributed by atoms with van der Waals surface area (Å²) in [5.41, 5.74) is 0.553. The molecule has 110 valence electrons. The van der Waals surface area contributed by atoms with Gasteiger partial charge >= 0.3 is 0 Å². The van der Waals surface area contributed by atoms with Gasteiger partial charge in [0.05, 0.1) is 11.6 Å². The van der Waals surface area contributed by atoms with Crippen LogP contribution in [0.5, 0.6) is 5.75 Å². The second-order valence-corrected chi connectivity index (χ2v) is 5.91. The molecule has 1 aromatic carbocycles. The van der Waals surface area contributed by atoms with Gasteiger partial charge in [-0.3, -0.25) is 4.90 Å². The molecule has 0 amide bonds. The number of nitrogens with zero attached hydrogens (tertiary/aromatic N) is 2. The van der Waals surface area contributed by atoms with E-state index in [0.29, 0.717) is 17.9 Å². The number of benzene rings is 1. The van der Waals surface area contributed by atoms with Gasteiger partial charge in [-0.1, -0.05) is 12.1 Å². The van der Waals surface area contributed by atoms with E-state index in [1.54, 1.807) is 35.6 Å². The Labute approximate surface area is 128 Å². The minimum absolute atomic E-state index is 0.212. The van der Waals surface area contributed by atoms with Gasteiger partial charge in [-0.15, -0.1) is 11.3 Å². The van der Waals surface area contributed by atoms with Gasteiger partial charge in [0.15, 0.2) is 0 Å². The summed E-state index contributed by atoms with van der Waals surface area (Å²) in [6, 6.07) is 13.1. The van der Waals surface area contributed by atoms with Crippen molar-refractivity contribution in [1.82, 2.24) is 4.90 Å². The van der Waals surface area contributed by atoms with E-state index in [0.717, 1.165) is 6.54 Å². The zero-order chi connectivity index (χ0) is 15.1. The van der Waals surface area contributed by atoms with Crippen molar-refractivity contribution in [3.63, 3.8) is 0 Å². The lowest BCUT2D eigenvalue weighted by atomic mass is 10.2. The van der Waals surface area contributed by atoms with E-state index < -0.39 is 6.10 Å². The van der Waals surface area contributed by atoms with Gasteiger partial charge in [0.25, 0.3) is 0 Å². The van der Waals surface area contributed by atoms with Crippen LogP contribution in [0.3, 0.4) is 0 Å². The molecule has 1 heterocycles. The topological polar surface area (TPSA) is 56.5 Å². The quantitative estimate of drug-likeness (QED) is 0.854. The number of rotatable bonds is 7. The molecule has 1 unspecified atom stereocenters. The van der Waals surface area contributed by atoms with Crippen LogP contribution >= 0.6 is 11.3 Å². The maximum atomic E-state index is 10.0. The maximum Gasteiger partial charge on any atom is 0.120 e. The average Bonchev–Trinajstić information content (AvgIpc) is 2.98. The van der Waals surface area contributed by atoms with Crippen molar-refractivity contribution in [2.24, 2.45) is 0 Å². The number of hydrogen-bond acceptors (Lipinski definition) is 5. The van der Waals surface area contributed by atoms with E-state index in [1.165, 1.54) is 4.88 Å². The molecule has 21 heavy (non-hydrogen) atoms. The lowest BCUT2D eigenvalue weighted by Gasteiger charge is -2.20. The summed E-state index contributed by atoms with van der Waals surface area (Å²) < 4.78 is 5.52. The molecule has 2 aromatic rings. The Kier molecular flexibility index (Phi) is 5.76. The first-order valence-corrected chi connectivity index (χ1v) is 7.57. The van der Waals surface area contributed by atoms with Gasteiger partial charge in [-0.25, -0.2) is 0 Å². The summed E-state index contributed by atoms with van der Waals surface area (Å²) in [6.07, 6.45) is -0.569. The highest BCUT2D eigenvalue weighted by Gasteiger charge is 2.10. The molecule has 2 rings (SSSR count). The Hall–Kier alpha value is -1.87. The maximum absolute atomic E-state index is 10.0.